The molecule has 2 heterocycles. The van der Waals surface area contributed by atoms with Gasteiger partial charge in [0.05, 0.1) is 10.6 Å². The quantitative estimate of drug-likeness (QED) is 0.638. The molecule has 29 heavy (non-hydrogen) atoms. The van der Waals surface area contributed by atoms with Gasteiger partial charge in [0.2, 0.25) is 0 Å². The zero-order valence-corrected chi connectivity index (χ0v) is 18.3. The molecule has 0 aliphatic carbocycles. The van der Waals surface area contributed by atoms with Crippen molar-refractivity contribution in [1.29, 1.82) is 0 Å². The highest BCUT2D eigenvalue weighted by atomic mass is 32.2. The minimum Gasteiger partial charge on any atom is -0.372 e. The molecule has 5 heteroatoms. The Balaban J connectivity index is 1.58. The molecular formula is C24H27N3OS. The van der Waals surface area contributed by atoms with Crippen molar-refractivity contribution in [2.45, 2.75) is 33.6 Å². The summed E-state index contributed by atoms with van der Waals surface area (Å²) in [7, 11) is 1.79. The lowest BCUT2D eigenvalue weighted by Crippen LogP contribution is -2.23. The van der Waals surface area contributed by atoms with Gasteiger partial charge in [-0.15, -0.1) is 0 Å². The number of hydrogen-bond acceptors (Lipinski definition) is 4. The van der Waals surface area contributed by atoms with Crippen LogP contribution in [0.15, 0.2) is 46.3 Å². The van der Waals surface area contributed by atoms with Crippen LogP contribution in [0.3, 0.4) is 0 Å². The molecule has 0 radical (unpaired) electrons. The summed E-state index contributed by atoms with van der Waals surface area (Å²) in [5.74, 6) is 0.000558. The number of carbonyl (C=O) groups excluding carboxylic acids is 1. The molecule has 1 amide bonds. The molecule has 2 aliphatic rings. The fourth-order valence-electron chi connectivity index (χ4n) is 3.69. The van der Waals surface area contributed by atoms with E-state index >= 15 is 0 Å². The summed E-state index contributed by atoms with van der Waals surface area (Å²) in [5.41, 5.74) is 6.88. The Labute approximate surface area is 177 Å². The fourth-order valence-corrected chi connectivity index (χ4v) is 4.67. The number of benzene rings is 2. The van der Waals surface area contributed by atoms with Crippen molar-refractivity contribution in [2.75, 3.05) is 25.0 Å². The van der Waals surface area contributed by atoms with Crippen molar-refractivity contribution in [1.82, 2.24) is 4.90 Å². The lowest BCUT2D eigenvalue weighted by Gasteiger charge is -2.18. The lowest BCUT2D eigenvalue weighted by atomic mass is 10.1. The minimum absolute atomic E-state index is 0.000558. The SMILES string of the molecule is Cc1ccc(N=C2S/C(=C\c3ccc(N4CCCC4)cc3C)C(=O)N2C)cc1C. The first-order valence-corrected chi connectivity index (χ1v) is 10.9. The topological polar surface area (TPSA) is 35.9 Å². The van der Waals surface area contributed by atoms with Gasteiger partial charge in [0.25, 0.3) is 5.91 Å². The Bertz CT molecular complexity index is 1020. The third-order valence-corrected chi connectivity index (χ3v) is 6.79. The number of amides is 1. The Kier molecular flexibility index (Phi) is 5.50. The van der Waals surface area contributed by atoms with Gasteiger partial charge in [-0.1, -0.05) is 12.1 Å². The molecule has 2 fully saturated rings. The first-order chi connectivity index (χ1) is 13.9. The summed E-state index contributed by atoms with van der Waals surface area (Å²) >= 11 is 1.44. The van der Waals surface area contributed by atoms with E-state index in [1.807, 2.05) is 12.1 Å². The smallest absolute Gasteiger partial charge is 0.266 e. The highest BCUT2D eigenvalue weighted by Gasteiger charge is 2.30. The average Bonchev–Trinajstić information content (AvgIpc) is 3.32. The van der Waals surface area contributed by atoms with Crippen LogP contribution >= 0.6 is 11.8 Å². The van der Waals surface area contributed by atoms with Gasteiger partial charge in [0, 0.05) is 25.8 Å². The highest BCUT2D eigenvalue weighted by Crippen LogP contribution is 2.34. The standard InChI is InChI=1S/C24H27N3OS/c1-16-7-9-20(13-17(16)2)25-24-26(4)23(28)22(29-24)15-19-8-10-21(14-18(19)3)27-11-5-6-12-27/h7-10,13-15H,5-6,11-12H2,1-4H3/b22-15-,25-24?. The highest BCUT2D eigenvalue weighted by molar-refractivity contribution is 8.18. The van der Waals surface area contributed by atoms with Crippen LogP contribution in [0.25, 0.3) is 6.08 Å². The van der Waals surface area contributed by atoms with Crippen LogP contribution in [-0.4, -0.2) is 36.1 Å². The number of thioether (sulfide) groups is 1. The second kappa shape index (κ2) is 8.07. The van der Waals surface area contributed by atoms with Crippen LogP contribution in [0.5, 0.6) is 0 Å². The first kappa shape index (κ1) is 19.8. The Morgan fingerprint density at radius 3 is 2.41 bits per heavy atom. The lowest BCUT2D eigenvalue weighted by molar-refractivity contribution is -0.121. The molecule has 0 N–H and O–H groups in total. The molecule has 2 saturated heterocycles. The molecule has 0 saturated carbocycles. The summed E-state index contributed by atoms with van der Waals surface area (Å²) in [6.45, 7) is 8.55. The molecule has 150 valence electrons. The van der Waals surface area contributed by atoms with Gasteiger partial charge in [-0.05, 0) is 98.0 Å². The summed E-state index contributed by atoms with van der Waals surface area (Å²) in [4.78, 5) is 22.3. The van der Waals surface area contributed by atoms with Crippen molar-refractivity contribution >= 4 is 40.3 Å². The van der Waals surface area contributed by atoms with Crippen molar-refractivity contribution in [2.24, 2.45) is 4.99 Å². The van der Waals surface area contributed by atoms with Crippen LogP contribution in [0.1, 0.15) is 35.1 Å². The third-order valence-electron chi connectivity index (χ3n) is 5.73. The maximum Gasteiger partial charge on any atom is 0.266 e. The van der Waals surface area contributed by atoms with E-state index in [0.717, 1.165) is 29.5 Å². The van der Waals surface area contributed by atoms with E-state index < -0.39 is 0 Å². The summed E-state index contributed by atoms with van der Waals surface area (Å²) in [6.07, 6.45) is 4.53. The zero-order chi connectivity index (χ0) is 20.5. The van der Waals surface area contributed by atoms with Crippen LogP contribution in [0.2, 0.25) is 0 Å². The summed E-state index contributed by atoms with van der Waals surface area (Å²) in [5, 5.41) is 0.718. The van der Waals surface area contributed by atoms with Crippen LogP contribution in [0, 0.1) is 20.8 Å². The van der Waals surface area contributed by atoms with E-state index in [9.17, 15) is 4.79 Å². The van der Waals surface area contributed by atoms with Crippen molar-refractivity contribution in [3.63, 3.8) is 0 Å². The largest absolute Gasteiger partial charge is 0.372 e. The predicted molar refractivity (Wildman–Crippen MR) is 124 cm³/mol. The van der Waals surface area contributed by atoms with E-state index in [0.29, 0.717) is 4.91 Å². The van der Waals surface area contributed by atoms with Crippen molar-refractivity contribution < 1.29 is 4.79 Å². The van der Waals surface area contributed by atoms with Crippen LogP contribution in [-0.2, 0) is 4.79 Å². The van der Waals surface area contributed by atoms with Gasteiger partial charge in [0.1, 0.15) is 0 Å². The van der Waals surface area contributed by atoms with Crippen molar-refractivity contribution in [3.8, 4) is 0 Å². The molecule has 0 bridgehead atoms. The molecular weight excluding hydrogens is 378 g/mol. The normalized spacial score (nSPS) is 19.8. The maximum atomic E-state index is 12.8. The van der Waals surface area contributed by atoms with Crippen LogP contribution in [0.4, 0.5) is 11.4 Å². The first-order valence-electron chi connectivity index (χ1n) is 10.1. The van der Waals surface area contributed by atoms with Gasteiger partial charge in [-0.2, -0.15) is 0 Å². The number of hydrogen-bond donors (Lipinski definition) is 0. The third kappa shape index (κ3) is 4.10. The molecule has 0 atom stereocenters. The minimum atomic E-state index is 0.000558. The summed E-state index contributed by atoms with van der Waals surface area (Å²) in [6, 6.07) is 12.7. The fraction of sp³-hybridized carbons (Fsp3) is 0.333. The Morgan fingerprint density at radius 1 is 0.966 bits per heavy atom. The molecule has 0 aromatic heterocycles. The van der Waals surface area contributed by atoms with E-state index in [-0.39, 0.29) is 5.91 Å². The molecule has 2 aliphatic heterocycles. The number of nitrogens with zero attached hydrogens (tertiary/aromatic N) is 3. The van der Waals surface area contributed by atoms with Gasteiger partial charge < -0.3 is 4.90 Å². The number of aryl methyl sites for hydroxylation is 3. The van der Waals surface area contributed by atoms with E-state index in [1.165, 1.54) is 47.0 Å². The van der Waals surface area contributed by atoms with Crippen LogP contribution < -0.4 is 4.90 Å². The average molecular weight is 406 g/mol. The van der Waals surface area contributed by atoms with Crippen molar-refractivity contribution in [3.05, 3.63) is 63.6 Å². The van der Waals surface area contributed by atoms with Gasteiger partial charge in [-0.3, -0.25) is 9.69 Å². The van der Waals surface area contributed by atoms with E-state index in [4.69, 9.17) is 4.99 Å². The predicted octanol–water partition coefficient (Wildman–Crippen LogP) is 5.45. The molecule has 0 unspecified atom stereocenters. The molecule has 0 spiro atoms. The molecule has 4 nitrogen and oxygen atoms in total. The monoisotopic (exact) mass is 405 g/mol. The van der Waals surface area contributed by atoms with Gasteiger partial charge in [-0.25, -0.2) is 4.99 Å². The van der Waals surface area contributed by atoms with E-state index in [1.54, 1.807) is 11.9 Å². The molecule has 2 aromatic rings. The number of amidine groups is 1. The number of anilines is 1. The number of likely N-dealkylation sites (N-methyl/N-ethyl adjacent to an activating group) is 1. The second-order valence-corrected chi connectivity index (χ2v) is 8.88. The van der Waals surface area contributed by atoms with Gasteiger partial charge in [0.15, 0.2) is 5.17 Å². The Morgan fingerprint density at radius 2 is 1.72 bits per heavy atom. The molecule has 4 rings (SSSR count). The number of rotatable bonds is 3. The van der Waals surface area contributed by atoms with E-state index in [2.05, 4.69) is 56.0 Å². The number of carbonyl (C=O) groups is 1. The maximum absolute atomic E-state index is 12.8. The second-order valence-electron chi connectivity index (χ2n) is 7.87. The van der Waals surface area contributed by atoms with Gasteiger partial charge >= 0.3 is 0 Å². The zero-order valence-electron chi connectivity index (χ0n) is 17.5. The molecule has 2 aromatic carbocycles. The Hall–Kier alpha value is -2.53. The summed E-state index contributed by atoms with van der Waals surface area (Å²) < 4.78 is 0. The number of aliphatic imine (C=N–C) groups is 1.